The van der Waals surface area contributed by atoms with Crippen molar-refractivity contribution in [1.29, 1.82) is 0 Å². The second-order valence-corrected chi connectivity index (χ2v) is 9.40. The van der Waals surface area contributed by atoms with Gasteiger partial charge in [-0.1, -0.05) is 42.1 Å². The molecule has 0 bridgehead atoms. The average molecular weight is 466 g/mol. The molecule has 2 aromatic carbocycles. The SMILES string of the molecule is Cc1cccc(-n2c(SCc3cn4c(C)cc(C)nc4n3)nnc2-c2c[nH]c3ccccc23)c1. The van der Waals surface area contributed by atoms with Gasteiger partial charge in [-0.2, -0.15) is 0 Å². The number of benzene rings is 2. The van der Waals surface area contributed by atoms with Gasteiger partial charge in [0.2, 0.25) is 5.78 Å². The van der Waals surface area contributed by atoms with Crippen LogP contribution >= 0.6 is 11.8 Å². The first kappa shape index (κ1) is 20.7. The van der Waals surface area contributed by atoms with E-state index in [1.807, 2.05) is 29.7 Å². The van der Waals surface area contributed by atoms with Gasteiger partial charge in [-0.3, -0.25) is 8.97 Å². The molecule has 0 fully saturated rings. The van der Waals surface area contributed by atoms with E-state index in [9.17, 15) is 0 Å². The van der Waals surface area contributed by atoms with E-state index in [0.29, 0.717) is 5.75 Å². The average Bonchev–Trinajstić information content (AvgIpc) is 3.53. The van der Waals surface area contributed by atoms with E-state index in [4.69, 9.17) is 4.98 Å². The molecule has 4 aromatic heterocycles. The van der Waals surface area contributed by atoms with E-state index in [-0.39, 0.29) is 0 Å². The third kappa shape index (κ3) is 3.56. The molecule has 1 N–H and O–H groups in total. The molecule has 168 valence electrons. The van der Waals surface area contributed by atoms with Gasteiger partial charge in [-0.15, -0.1) is 10.2 Å². The molecule has 4 heterocycles. The minimum atomic E-state index is 0.666. The Morgan fingerprint density at radius 1 is 0.941 bits per heavy atom. The molecule has 0 aliphatic carbocycles. The zero-order valence-electron chi connectivity index (χ0n) is 19.1. The fraction of sp³-hybridized carbons (Fsp3) is 0.154. The molecule has 6 aromatic rings. The first-order valence-electron chi connectivity index (χ1n) is 11.1. The summed E-state index contributed by atoms with van der Waals surface area (Å²) >= 11 is 1.63. The number of aryl methyl sites for hydroxylation is 3. The van der Waals surface area contributed by atoms with Crippen molar-refractivity contribution in [2.24, 2.45) is 0 Å². The largest absolute Gasteiger partial charge is 0.360 e. The number of fused-ring (bicyclic) bond motifs is 2. The molecule has 0 unspecified atom stereocenters. The van der Waals surface area contributed by atoms with E-state index in [2.05, 4.69) is 87.2 Å². The highest BCUT2D eigenvalue weighted by Gasteiger charge is 2.19. The summed E-state index contributed by atoms with van der Waals surface area (Å²) in [6.07, 6.45) is 4.06. The fourth-order valence-corrected chi connectivity index (χ4v) is 5.16. The number of hydrogen-bond donors (Lipinski definition) is 1. The second kappa shape index (κ2) is 8.14. The topological polar surface area (TPSA) is 76.7 Å². The number of imidazole rings is 1. The summed E-state index contributed by atoms with van der Waals surface area (Å²) in [5.74, 6) is 2.21. The van der Waals surface area contributed by atoms with Gasteiger partial charge in [-0.05, 0) is 50.6 Å². The number of para-hydroxylation sites is 1. The van der Waals surface area contributed by atoms with E-state index in [0.717, 1.165) is 56.0 Å². The maximum Gasteiger partial charge on any atom is 0.234 e. The van der Waals surface area contributed by atoms with Crippen molar-refractivity contribution in [2.75, 3.05) is 0 Å². The second-order valence-electron chi connectivity index (χ2n) is 8.46. The van der Waals surface area contributed by atoms with Gasteiger partial charge in [0.15, 0.2) is 11.0 Å². The third-order valence-electron chi connectivity index (χ3n) is 5.88. The van der Waals surface area contributed by atoms with Gasteiger partial charge in [0, 0.05) is 51.7 Å². The van der Waals surface area contributed by atoms with E-state index in [1.165, 1.54) is 5.56 Å². The predicted octanol–water partition coefficient (Wildman–Crippen LogP) is 5.68. The third-order valence-corrected chi connectivity index (χ3v) is 6.85. The molecule has 0 amide bonds. The number of H-pyrrole nitrogens is 1. The quantitative estimate of drug-likeness (QED) is 0.332. The minimum Gasteiger partial charge on any atom is -0.360 e. The van der Waals surface area contributed by atoms with Crippen molar-refractivity contribution in [1.82, 2.24) is 34.1 Å². The molecule has 0 saturated heterocycles. The molecule has 0 spiro atoms. The monoisotopic (exact) mass is 465 g/mol. The van der Waals surface area contributed by atoms with Crippen LogP contribution in [0, 0.1) is 20.8 Å². The molecule has 0 atom stereocenters. The minimum absolute atomic E-state index is 0.666. The normalized spacial score (nSPS) is 11.6. The molecular formula is C26H23N7S. The summed E-state index contributed by atoms with van der Waals surface area (Å²) < 4.78 is 4.17. The van der Waals surface area contributed by atoms with Crippen molar-refractivity contribution < 1.29 is 0 Å². The summed E-state index contributed by atoms with van der Waals surface area (Å²) in [6, 6.07) is 18.7. The Morgan fingerprint density at radius 3 is 2.71 bits per heavy atom. The van der Waals surface area contributed by atoms with Crippen LogP contribution in [0.5, 0.6) is 0 Å². The van der Waals surface area contributed by atoms with Crippen molar-refractivity contribution in [2.45, 2.75) is 31.7 Å². The molecule has 8 heteroatoms. The first-order chi connectivity index (χ1) is 16.6. The van der Waals surface area contributed by atoms with E-state index in [1.54, 1.807) is 11.8 Å². The lowest BCUT2D eigenvalue weighted by Gasteiger charge is -2.10. The van der Waals surface area contributed by atoms with Gasteiger partial charge < -0.3 is 4.98 Å². The molecule has 0 saturated carbocycles. The van der Waals surface area contributed by atoms with Crippen LogP contribution in [-0.2, 0) is 5.75 Å². The Hall–Kier alpha value is -3.91. The Kier molecular flexibility index (Phi) is 4.95. The predicted molar refractivity (Wildman–Crippen MR) is 135 cm³/mol. The van der Waals surface area contributed by atoms with Crippen molar-refractivity contribution in [3.63, 3.8) is 0 Å². The van der Waals surface area contributed by atoms with Crippen LogP contribution in [0.2, 0.25) is 0 Å². The van der Waals surface area contributed by atoms with Crippen molar-refractivity contribution in [3.8, 4) is 17.1 Å². The highest BCUT2D eigenvalue weighted by molar-refractivity contribution is 7.98. The highest BCUT2D eigenvalue weighted by atomic mass is 32.2. The van der Waals surface area contributed by atoms with Gasteiger partial charge in [0.1, 0.15) is 0 Å². The Labute approximate surface area is 200 Å². The number of aromatic nitrogens is 7. The number of thioether (sulfide) groups is 1. The maximum atomic E-state index is 4.73. The summed E-state index contributed by atoms with van der Waals surface area (Å²) in [4.78, 5) is 12.7. The number of nitrogens with one attached hydrogen (secondary N) is 1. The van der Waals surface area contributed by atoms with Gasteiger partial charge in [0.05, 0.1) is 5.69 Å². The van der Waals surface area contributed by atoms with Crippen LogP contribution in [-0.4, -0.2) is 34.1 Å². The lowest BCUT2D eigenvalue weighted by atomic mass is 10.1. The van der Waals surface area contributed by atoms with Crippen LogP contribution < -0.4 is 0 Å². The maximum absolute atomic E-state index is 4.73. The molecule has 0 radical (unpaired) electrons. The van der Waals surface area contributed by atoms with Crippen LogP contribution in [0.1, 0.15) is 22.6 Å². The molecule has 0 aliphatic heterocycles. The van der Waals surface area contributed by atoms with E-state index >= 15 is 0 Å². The summed E-state index contributed by atoms with van der Waals surface area (Å²) in [5.41, 5.74) is 7.37. The van der Waals surface area contributed by atoms with E-state index < -0.39 is 0 Å². The van der Waals surface area contributed by atoms with Crippen LogP contribution in [0.25, 0.3) is 33.8 Å². The van der Waals surface area contributed by atoms with Crippen LogP contribution in [0.4, 0.5) is 0 Å². The zero-order valence-corrected chi connectivity index (χ0v) is 20.0. The Bertz CT molecular complexity index is 1660. The number of aromatic amines is 1. The first-order valence-corrected chi connectivity index (χ1v) is 12.1. The van der Waals surface area contributed by atoms with Crippen LogP contribution in [0.15, 0.2) is 72.1 Å². The van der Waals surface area contributed by atoms with Crippen LogP contribution in [0.3, 0.4) is 0 Å². The lowest BCUT2D eigenvalue weighted by Crippen LogP contribution is -2.00. The molecule has 0 aliphatic rings. The summed E-state index contributed by atoms with van der Waals surface area (Å²) in [6.45, 7) is 6.16. The Morgan fingerprint density at radius 2 is 1.82 bits per heavy atom. The number of rotatable bonds is 5. The van der Waals surface area contributed by atoms with Gasteiger partial charge in [-0.25, -0.2) is 9.97 Å². The zero-order chi connectivity index (χ0) is 23.2. The lowest BCUT2D eigenvalue weighted by molar-refractivity contribution is 0.884. The smallest absolute Gasteiger partial charge is 0.234 e. The highest BCUT2D eigenvalue weighted by Crippen LogP contribution is 2.33. The van der Waals surface area contributed by atoms with Crippen molar-refractivity contribution >= 4 is 28.4 Å². The van der Waals surface area contributed by atoms with Gasteiger partial charge >= 0.3 is 0 Å². The molecule has 6 rings (SSSR count). The fourth-order valence-electron chi connectivity index (χ4n) is 4.32. The van der Waals surface area contributed by atoms with Crippen molar-refractivity contribution in [3.05, 3.63) is 89.6 Å². The van der Waals surface area contributed by atoms with Gasteiger partial charge in [0.25, 0.3) is 0 Å². The summed E-state index contributed by atoms with van der Waals surface area (Å²) in [5, 5.41) is 11.2. The molecular weight excluding hydrogens is 442 g/mol. The molecule has 7 nitrogen and oxygen atoms in total. The Balaban J connectivity index is 1.42. The number of hydrogen-bond acceptors (Lipinski definition) is 5. The number of nitrogens with zero attached hydrogens (tertiary/aromatic N) is 6. The summed E-state index contributed by atoms with van der Waals surface area (Å²) in [7, 11) is 0. The standard InChI is InChI=1S/C26H23N7S/c1-16-7-6-8-20(11-16)33-24(22-13-27-23-10-5-4-9-21(22)23)30-31-26(33)34-15-19-14-32-18(3)12-17(2)28-25(32)29-19/h4-14,27H,15H2,1-3H3. The molecule has 34 heavy (non-hydrogen) atoms.